The van der Waals surface area contributed by atoms with Crippen LogP contribution in [0.2, 0.25) is 10.0 Å². The van der Waals surface area contributed by atoms with Crippen LogP contribution in [0.1, 0.15) is 11.5 Å². The average Bonchev–Trinajstić information content (AvgIpc) is 2.79. The maximum absolute atomic E-state index is 12.0. The highest BCUT2D eigenvalue weighted by Gasteiger charge is 2.15. The molecule has 0 aliphatic heterocycles. The van der Waals surface area contributed by atoms with Crippen LogP contribution >= 0.6 is 23.2 Å². The smallest absolute Gasteiger partial charge is 0.279 e. The number of para-hydroxylation sites is 1. The van der Waals surface area contributed by atoms with Crippen molar-refractivity contribution in [3.63, 3.8) is 0 Å². The number of hydrogen-bond donors (Lipinski definition) is 2. The minimum absolute atomic E-state index is 0.147. The Morgan fingerprint density at radius 3 is 2.48 bits per heavy atom. The van der Waals surface area contributed by atoms with Crippen LogP contribution in [0.5, 0.6) is 0 Å². The second kappa shape index (κ2) is 6.98. The summed E-state index contributed by atoms with van der Waals surface area (Å²) in [5, 5.41) is 3.60. The number of benzene rings is 1. The molecule has 2 N–H and O–H groups in total. The number of likely N-dealkylation sites (N-methyl/N-ethyl adjacent to an activating group) is 1. The van der Waals surface area contributed by atoms with E-state index in [-0.39, 0.29) is 5.91 Å². The third kappa shape index (κ3) is 4.49. The molecule has 1 aromatic carbocycles. The molecule has 0 saturated heterocycles. The Hall–Kier alpha value is -1.49. The third-order valence-corrected chi connectivity index (χ3v) is 3.59. The molecule has 1 heterocycles. The number of amides is 1. The molecule has 0 spiro atoms. The number of nitrogens with one attached hydrogen (secondary N) is 2. The van der Waals surface area contributed by atoms with Crippen molar-refractivity contribution < 1.29 is 14.1 Å². The lowest BCUT2D eigenvalue weighted by Crippen LogP contribution is -3.08. The zero-order valence-corrected chi connectivity index (χ0v) is 13.4. The first-order valence-corrected chi connectivity index (χ1v) is 7.32. The van der Waals surface area contributed by atoms with Gasteiger partial charge in [0.25, 0.3) is 5.91 Å². The number of rotatable bonds is 5. The van der Waals surface area contributed by atoms with E-state index in [9.17, 15) is 4.79 Å². The number of hydrogen-bond acceptors (Lipinski definition) is 2. The molecule has 112 valence electrons. The molecule has 21 heavy (non-hydrogen) atoms. The number of carbonyl (C=O) groups excluding carboxylic acids is 1. The predicted octanol–water partition coefficient (Wildman–Crippen LogP) is 2.55. The normalized spacial score (nSPS) is 12.2. The Morgan fingerprint density at radius 1 is 1.24 bits per heavy atom. The van der Waals surface area contributed by atoms with Gasteiger partial charge in [0.15, 0.2) is 12.3 Å². The average molecular weight is 328 g/mol. The molecule has 0 aliphatic carbocycles. The van der Waals surface area contributed by atoms with Crippen LogP contribution in [0.4, 0.5) is 5.69 Å². The maximum Gasteiger partial charge on any atom is 0.279 e. The van der Waals surface area contributed by atoms with Gasteiger partial charge < -0.3 is 14.6 Å². The van der Waals surface area contributed by atoms with Crippen molar-refractivity contribution in [3.05, 3.63) is 51.9 Å². The highest BCUT2D eigenvalue weighted by atomic mass is 35.5. The molecular weight excluding hydrogens is 311 g/mol. The molecule has 0 bridgehead atoms. The zero-order chi connectivity index (χ0) is 15.4. The molecule has 2 rings (SSSR count). The van der Waals surface area contributed by atoms with Crippen LogP contribution in [0, 0.1) is 6.92 Å². The number of aryl methyl sites for hydroxylation is 1. The fourth-order valence-corrected chi connectivity index (χ4v) is 2.51. The van der Waals surface area contributed by atoms with Gasteiger partial charge in [-0.05, 0) is 31.2 Å². The second-order valence-corrected chi connectivity index (χ2v) is 5.78. The van der Waals surface area contributed by atoms with Gasteiger partial charge in [-0.1, -0.05) is 29.3 Å². The summed E-state index contributed by atoms with van der Waals surface area (Å²) in [6.45, 7) is 2.82. The summed E-state index contributed by atoms with van der Waals surface area (Å²) in [6.07, 6.45) is 0. The van der Waals surface area contributed by atoms with E-state index in [0.29, 0.717) is 28.8 Å². The van der Waals surface area contributed by atoms with Crippen molar-refractivity contribution in [1.29, 1.82) is 0 Å². The standard InChI is InChI=1S/C15H16Cl2N2O2/c1-10-6-7-11(21-10)8-19(2)9-14(20)18-15-12(16)4-3-5-13(15)17/h3-7H,8-9H2,1-2H3,(H,18,20)/p+1. The third-order valence-electron chi connectivity index (χ3n) is 2.96. The lowest BCUT2D eigenvalue weighted by atomic mass is 10.3. The molecule has 0 radical (unpaired) electrons. The second-order valence-electron chi connectivity index (χ2n) is 4.97. The van der Waals surface area contributed by atoms with Gasteiger partial charge in [0, 0.05) is 0 Å². The van der Waals surface area contributed by atoms with Crippen LogP contribution in [0.25, 0.3) is 0 Å². The number of anilines is 1. The van der Waals surface area contributed by atoms with Gasteiger partial charge in [-0.2, -0.15) is 0 Å². The molecule has 0 saturated carbocycles. The first-order valence-electron chi connectivity index (χ1n) is 6.56. The van der Waals surface area contributed by atoms with E-state index in [1.165, 1.54) is 0 Å². The summed E-state index contributed by atoms with van der Waals surface area (Å²) < 4.78 is 5.50. The van der Waals surface area contributed by atoms with Gasteiger partial charge in [0.1, 0.15) is 12.3 Å². The minimum Gasteiger partial charge on any atom is -0.460 e. The van der Waals surface area contributed by atoms with Crippen molar-refractivity contribution >= 4 is 34.8 Å². The Kier molecular flexibility index (Phi) is 5.28. The van der Waals surface area contributed by atoms with Crippen molar-refractivity contribution in [2.24, 2.45) is 0 Å². The lowest BCUT2D eigenvalue weighted by molar-refractivity contribution is -0.886. The highest BCUT2D eigenvalue weighted by Crippen LogP contribution is 2.29. The van der Waals surface area contributed by atoms with Crippen LogP contribution in [0.3, 0.4) is 0 Å². The van der Waals surface area contributed by atoms with Gasteiger partial charge in [-0.3, -0.25) is 4.79 Å². The Labute approximate surface area is 133 Å². The van der Waals surface area contributed by atoms with E-state index in [4.69, 9.17) is 27.6 Å². The van der Waals surface area contributed by atoms with Gasteiger partial charge in [0.05, 0.1) is 22.8 Å². The van der Waals surface area contributed by atoms with E-state index in [1.54, 1.807) is 18.2 Å². The maximum atomic E-state index is 12.0. The van der Waals surface area contributed by atoms with Crippen molar-refractivity contribution in [2.75, 3.05) is 18.9 Å². The van der Waals surface area contributed by atoms with Gasteiger partial charge in [0.2, 0.25) is 0 Å². The summed E-state index contributed by atoms with van der Waals surface area (Å²) in [7, 11) is 1.92. The minimum atomic E-state index is -0.147. The van der Waals surface area contributed by atoms with E-state index >= 15 is 0 Å². The first-order chi connectivity index (χ1) is 9.95. The van der Waals surface area contributed by atoms with Crippen molar-refractivity contribution in [1.82, 2.24) is 0 Å². The molecule has 0 fully saturated rings. The van der Waals surface area contributed by atoms with Crippen molar-refractivity contribution in [2.45, 2.75) is 13.5 Å². The fraction of sp³-hybridized carbons (Fsp3) is 0.267. The van der Waals surface area contributed by atoms with E-state index in [0.717, 1.165) is 16.4 Å². The predicted molar refractivity (Wildman–Crippen MR) is 84.0 cm³/mol. The van der Waals surface area contributed by atoms with E-state index < -0.39 is 0 Å². The van der Waals surface area contributed by atoms with Crippen LogP contribution in [-0.2, 0) is 11.3 Å². The largest absolute Gasteiger partial charge is 0.460 e. The summed E-state index contributed by atoms with van der Waals surface area (Å²) in [6, 6.07) is 8.93. The quantitative estimate of drug-likeness (QED) is 0.886. The van der Waals surface area contributed by atoms with Crippen molar-refractivity contribution in [3.8, 4) is 0 Å². The summed E-state index contributed by atoms with van der Waals surface area (Å²) >= 11 is 12.0. The van der Waals surface area contributed by atoms with E-state index in [1.807, 2.05) is 26.1 Å². The summed E-state index contributed by atoms with van der Waals surface area (Å²) in [4.78, 5) is 13.0. The number of halogens is 2. The van der Waals surface area contributed by atoms with Crippen LogP contribution in [0.15, 0.2) is 34.7 Å². The van der Waals surface area contributed by atoms with Crippen LogP contribution < -0.4 is 10.2 Å². The molecule has 1 aromatic heterocycles. The topological polar surface area (TPSA) is 46.7 Å². The molecular formula is C15H17Cl2N2O2+. The summed E-state index contributed by atoms with van der Waals surface area (Å²) in [5.74, 6) is 1.57. The van der Waals surface area contributed by atoms with Gasteiger partial charge >= 0.3 is 0 Å². The number of carbonyl (C=O) groups is 1. The van der Waals surface area contributed by atoms with Gasteiger partial charge in [-0.25, -0.2) is 0 Å². The molecule has 4 nitrogen and oxygen atoms in total. The highest BCUT2D eigenvalue weighted by molar-refractivity contribution is 6.39. The molecule has 6 heteroatoms. The fourth-order valence-electron chi connectivity index (χ4n) is 2.02. The summed E-state index contributed by atoms with van der Waals surface area (Å²) in [5.41, 5.74) is 0.451. The molecule has 1 amide bonds. The molecule has 0 aliphatic rings. The molecule has 1 atom stereocenters. The van der Waals surface area contributed by atoms with E-state index in [2.05, 4.69) is 5.32 Å². The first kappa shape index (κ1) is 15.9. The Balaban J connectivity index is 1.92. The van der Waals surface area contributed by atoms with Crippen LogP contribution in [-0.4, -0.2) is 19.5 Å². The molecule has 2 aromatic rings. The SMILES string of the molecule is Cc1ccc(C[NH+](C)CC(=O)Nc2c(Cl)cccc2Cl)o1. The lowest BCUT2D eigenvalue weighted by Gasteiger charge is -2.13. The molecule has 1 unspecified atom stereocenters. The Bertz CT molecular complexity index is 620. The monoisotopic (exact) mass is 327 g/mol. The van der Waals surface area contributed by atoms with Gasteiger partial charge in [-0.15, -0.1) is 0 Å². The number of furan rings is 1. The Morgan fingerprint density at radius 2 is 1.90 bits per heavy atom. The zero-order valence-electron chi connectivity index (χ0n) is 11.9. The number of quaternary nitrogens is 1.